The second-order valence-corrected chi connectivity index (χ2v) is 2.32. The summed E-state index contributed by atoms with van der Waals surface area (Å²) in [5.41, 5.74) is 0.992. The summed E-state index contributed by atoms with van der Waals surface area (Å²) < 4.78 is 4.66. The van der Waals surface area contributed by atoms with Crippen molar-refractivity contribution in [3.05, 3.63) is 30.4 Å². The van der Waals surface area contributed by atoms with E-state index in [2.05, 4.69) is 25.0 Å². The molecule has 0 spiro atoms. The molecule has 0 aliphatic carbocycles. The Morgan fingerprint density at radius 2 is 2.58 bits per heavy atom. The summed E-state index contributed by atoms with van der Waals surface area (Å²) in [5, 5.41) is 6.64. The third-order valence-corrected chi connectivity index (χ3v) is 1.44. The molecule has 12 heavy (non-hydrogen) atoms. The van der Waals surface area contributed by atoms with Gasteiger partial charge in [-0.25, -0.2) is 4.98 Å². The molecule has 2 aromatic heterocycles. The van der Waals surface area contributed by atoms with E-state index in [9.17, 15) is 0 Å². The lowest BCUT2D eigenvalue weighted by Crippen LogP contribution is -1.99. The van der Waals surface area contributed by atoms with Crippen LogP contribution in [-0.2, 0) is 6.54 Å². The highest BCUT2D eigenvalue weighted by atomic mass is 16.5. The molecule has 62 valence electrons. The summed E-state index contributed by atoms with van der Waals surface area (Å²) in [4.78, 5) is 6.92. The van der Waals surface area contributed by atoms with E-state index in [-0.39, 0.29) is 0 Å². The normalized spacial score (nSPS) is 10.0. The molecule has 0 unspecified atom stereocenters. The number of anilines is 1. The number of hydrogen-bond acceptors (Lipinski definition) is 4. The Morgan fingerprint density at radius 3 is 3.25 bits per heavy atom. The van der Waals surface area contributed by atoms with Crippen molar-refractivity contribution in [1.82, 2.24) is 15.1 Å². The molecule has 2 heterocycles. The molecule has 0 atom stereocenters. The van der Waals surface area contributed by atoms with Gasteiger partial charge >= 0.3 is 0 Å². The third-order valence-electron chi connectivity index (χ3n) is 1.44. The zero-order valence-electron chi connectivity index (χ0n) is 6.32. The Morgan fingerprint density at radius 1 is 1.58 bits per heavy atom. The lowest BCUT2D eigenvalue weighted by Gasteiger charge is -1.97. The van der Waals surface area contributed by atoms with E-state index in [4.69, 9.17) is 0 Å². The van der Waals surface area contributed by atoms with Crippen LogP contribution in [0.15, 0.2) is 29.4 Å². The Balaban J connectivity index is 1.91. The van der Waals surface area contributed by atoms with Gasteiger partial charge in [0.1, 0.15) is 6.26 Å². The molecule has 0 saturated heterocycles. The molecule has 2 aromatic rings. The van der Waals surface area contributed by atoms with Gasteiger partial charge in [0.05, 0.1) is 6.20 Å². The van der Waals surface area contributed by atoms with E-state index < -0.39 is 0 Å². The Labute approximate surface area is 68.8 Å². The maximum absolute atomic E-state index is 4.66. The molecule has 2 rings (SSSR count). The van der Waals surface area contributed by atoms with Crippen molar-refractivity contribution < 1.29 is 4.52 Å². The molecule has 0 saturated carbocycles. The highest BCUT2D eigenvalue weighted by Gasteiger charge is 1.95. The summed E-state index contributed by atoms with van der Waals surface area (Å²) in [6.45, 7) is 0.664. The van der Waals surface area contributed by atoms with Crippen molar-refractivity contribution in [1.29, 1.82) is 0 Å². The van der Waals surface area contributed by atoms with Gasteiger partial charge in [0.15, 0.2) is 5.95 Å². The minimum absolute atomic E-state index is 0.664. The number of aromatic amines is 1. The first-order chi connectivity index (χ1) is 5.95. The minimum atomic E-state index is 0.664. The molecule has 0 fully saturated rings. The summed E-state index contributed by atoms with van der Waals surface area (Å²) in [6, 6.07) is 0. The zero-order valence-corrected chi connectivity index (χ0v) is 6.32. The van der Waals surface area contributed by atoms with E-state index >= 15 is 0 Å². The summed E-state index contributed by atoms with van der Waals surface area (Å²) in [7, 11) is 0. The molecular formula is C7H8N4O. The Hall–Kier alpha value is -1.78. The van der Waals surface area contributed by atoms with Crippen LogP contribution in [0.2, 0.25) is 0 Å². The monoisotopic (exact) mass is 164 g/mol. The number of imidazole rings is 1. The topological polar surface area (TPSA) is 66.7 Å². The first-order valence-corrected chi connectivity index (χ1v) is 3.56. The van der Waals surface area contributed by atoms with E-state index in [1.165, 1.54) is 0 Å². The average Bonchev–Trinajstić information content (AvgIpc) is 2.74. The Kier molecular flexibility index (Phi) is 1.77. The van der Waals surface area contributed by atoms with Gasteiger partial charge in [-0.2, -0.15) is 0 Å². The van der Waals surface area contributed by atoms with Crippen molar-refractivity contribution in [2.24, 2.45) is 0 Å². The van der Waals surface area contributed by atoms with Crippen LogP contribution in [0.5, 0.6) is 0 Å². The summed E-state index contributed by atoms with van der Waals surface area (Å²) >= 11 is 0. The fourth-order valence-corrected chi connectivity index (χ4v) is 0.862. The molecule has 0 bridgehead atoms. The number of hydrogen-bond donors (Lipinski definition) is 2. The van der Waals surface area contributed by atoms with Gasteiger partial charge in [0.25, 0.3) is 0 Å². The average molecular weight is 164 g/mol. The zero-order chi connectivity index (χ0) is 8.23. The van der Waals surface area contributed by atoms with Crippen LogP contribution in [0.3, 0.4) is 0 Å². The second-order valence-electron chi connectivity index (χ2n) is 2.32. The fourth-order valence-electron chi connectivity index (χ4n) is 0.862. The molecular weight excluding hydrogens is 156 g/mol. The van der Waals surface area contributed by atoms with Crippen LogP contribution in [0.25, 0.3) is 0 Å². The van der Waals surface area contributed by atoms with Gasteiger partial charge in [0.2, 0.25) is 0 Å². The predicted octanol–water partition coefficient (Wildman–Crippen LogP) is 1.01. The molecule has 0 amide bonds. The van der Waals surface area contributed by atoms with Gasteiger partial charge < -0.3 is 14.8 Å². The third kappa shape index (κ3) is 1.45. The minimum Gasteiger partial charge on any atom is -0.364 e. The smallest absolute Gasteiger partial charge is 0.200 e. The Bertz CT molecular complexity index is 279. The van der Waals surface area contributed by atoms with E-state index in [1.54, 1.807) is 24.9 Å². The quantitative estimate of drug-likeness (QED) is 0.710. The molecule has 0 aliphatic heterocycles. The molecule has 0 radical (unpaired) electrons. The number of nitrogens with zero attached hydrogens (tertiary/aromatic N) is 2. The highest BCUT2D eigenvalue weighted by Crippen LogP contribution is 2.01. The fraction of sp³-hybridized carbons (Fsp3) is 0.143. The maximum Gasteiger partial charge on any atom is 0.200 e. The lowest BCUT2D eigenvalue weighted by atomic mass is 10.4. The first kappa shape index (κ1) is 6.90. The van der Waals surface area contributed by atoms with Gasteiger partial charge in [-0.1, -0.05) is 5.16 Å². The standard InChI is InChI=1S/C7H8N4O/c1-2-9-7(8-1)10-3-6-4-11-12-5-6/h1-2,4-5H,3H2,(H2,8,9,10). The van der Waals surface area contributed by atoms with Crippen LogP contribution in [0.4, 0.5) is 5.95 Å². The molecule has 0 aromatic carbocycles. The SMILES string of the molecule is c1c[nH]c(NCc2cnoc2)n1. The second kappa shape index (κ2) is 3.08. The first-order valence-electron chi connectivity index (χ1n) is 3.56. The molecule has 5 nitrogen and oxygen atoms in total. The van der Waals surface area contributed by atoms with E-state index in [0.29, 0.717) is 6.54 Å². The molecule has 2 N–H and O–H groups in total. The van der Waals surface area contributed by atoms with Crippen LogP contribution >= 0.6 is 0 Å². The number of aromatic nitrogens is 3. The van der Waals surface area contributed by atoms with Gasteiger partial charge in [-0.15, -0.1) is 0 Å². The molecule has 0 aliphatic rings. The number of nitrogens with one attached hydrogen (secondary N) is 2. The van der Waals surface area contributed by atoms with Crippen LogP contribution in [0.1, 0.15) is 5.56 Å². The van der Waals surface area contributed by atoms with Crippen molar-refractivity contribution >= 4 is 5.95 Å². The van der Waals surface area contributed by atoms with Crippen molar-refractivity contribution in [2.45, 2.75) is 6.54 Å². The largest absolute Gasteiger partial charge is 0.364 e. The van der Waals surface area contributed by atoms with E-state index in [0.717, 1.165) is 11.5 Å². The van der Waals surface area contributed by atoms with Crippen LogP contribution in [0, 0.1) is 0 Å². The van der Waals surface area contributed by atoms with E-state index in [1.807, 2.05) is 0 Å². The number of H-pyrrole nitrogens is 1. The predicted molar refractivity (Wildman–Crippen MR) is 42.4 cm³/mol. The van der Waals surface area contributed by atoms with Crippen LogP contribution in [-0.4, -0.2) is 15.1 Å². The summed E-state index contributed by atoms with van der Waals surface area (Å²) in [6.07, 6.45) is 6.71. The van der Waals surface area contributed by atoms with Crippen molar-refractivity contribution in [2.75, 3.05) is 5.32 Å². The molecule has 5 heteroatoms. The van der Waals surface area contributed by atoms with Crippen molar-refractivity contribution in [3.63, 3.8) is 0 Å². The van der Waals surface area contributed by atoms with Crippen LogP contribution < -0.4 is 5.32 Å². The number of rotatable bonds is 3. The lowest BCUT2D eigenvalue weighted by molar-refractivity contribution is 0.419. The van der Waals surface area contributed by atoms with Gasteiger partial charge in [0, 0.05) is 24.5 Å². The highest BCUT2D eigenvalue weighted by molar-refractivity contribution is 5.24. The van der Waals surface area contributed by atoms with Gasteiger partial charge in [-0.3, -0.25) is 0 Å². The van der Waals surface area contributed by atoms with Gasteiger partial charge in [-0.05, 0) is 0 Å². The summed E-state index contributed by atoms with van der Waals surface area (Å²) in [5.74, 6) is 0.746. The van der Waals surface area contributed by atoms with Crippen molar-refractivity contribution in [3.8, 4) is 0 Å². The maximum atomic E-state index is 4.66.